The Kier molecular flexibility index (Phi) is 13.8. The largest absolute Gasteiger partial charge is 0.207 e. The van der Waals surface area contributed by atoms with Crippen LogP contribution in [0.15, 0.2) is 109 Å². The first kappa shape index (κ1) is 51.4. The first-order chi connectivity index (χ1) is 34.6. The van der Waals surface area contributed by atoms with Crippen molar-refractivity contribution in [3.63, 3.8) is 0 Å². The summed E-state index contributed by atoms with van der Waals surface area (Å²) in [4.78, 5) is 0. The number of benzene rings is 8. The molecule has 0 atom stereocenters. The minimum Gasteiger partial charge on any atom is -0.207 e. The van der Waals surface area contributed by atoms with Crippen LogP contribution in [0.3, 0.4) is 0 Å². The summed E-state index contributed by atoms with van der Waals surface area (Å²) in [5, 5.41) is 5.22. The maximum absolute atomic E-state index is 15.4. The van der Waals surface area contributed by atoms with E-state index in [-0.39, 0.29) is 0 Å². The van der Waals surface area contributed by atoms with Crippen molar-refractivity contribution in [2.45, 2.75) is 13.0 Å². The third-order valence-electron chi connectivity index (χ3n) is 12.1. The highest BCUT2D eigenvalue weighted by Gasteiger charge is 2.52. The van der Waals surface area contributed by atoms with Gasteiger partial charge in [-0.15, -0.1) is 21.9 Å². The normalized spacial score (nSPS) is 11.7. The summed E-state index contributed by atoms with van der Waals surface area (Å²) in [7, 11) is 0. The lowest BCUT2D eigenvalue weighted by molar-refractivity contribution is -0.693. The molecule has 0 N–H and O–H groups in total. The molecule has 8 aromatic carbocycles. The molecular formula is C51H22BF20N. The van der Waals surface area contributed by atoms with E-state index in [1.807, 2.05) is 0 Å². The number of halogens is 20. The van der Waals surface area contributed by atoms with Gasteiger partial charge in [0.15, 0.2) is 88.2 Å². The van der Waals surface area contributed by atoms with E-state index in [4.69, 9.17) is 0 Å². The zero-order chi connectivity index (χ0) is 53.1. The van der Waals surface area contributed by atoms with Crippen molar-refractivity contribution in [3.05, 3.63) is 242 Å². The van der Waals surface area contributed by atoms with E-state index in [1.165, 1.54) is 38.4 Å². The second-order valence-corrected chi connectivity index (χ2v) is 16.1. The highest BCUT2D eigenvalue weighted by molar-refractivity contribution is 7.20. The summed E-state index contributed by atoms with van der Waals surface area (Å²) in [5.41, 5.74) is -10.3. The number of pyridine rings is 1. The van der Waals surface area contributed by atoms with Crippen LogP contribution in [0.25, 0.3) is 21.5 Å². The Bertz CT molecular complexity index is 3320. The van der Waals surface area contributed by atoms with Gasteiger partial charge in [-0.05, 0) is 27.8 Å². The standard InChI is InChI=1S/C27H22N.C24BF20/c1-2-8-21(9-3-1)20-28-17-16-24-11-6-7-13-26(24)27(28)19-22-14-15-23-10-4-5-12-25(23)18-22;26-5-1(6(27)14(35)21(42)13(5)34)25(2-7(28)15(36)22(43)16(37)8(2)29,3-9(30)17(38)23(44)18(39)10(3)31)4-11(32)19(40)24(45)20(41)12(4)33/h1-18H,19-20H2;/q+1;-1. The van der Waals surface area contributed by atoms with E-state index < -0.39 is 144 Å². The molecule has 1 nitrogen and oxygen atoms in total. The fourth-order valence-electron chi connectivity index (χ4n) is 8.86. The number of hydrogen-bond acceptors (Lipinski definition) is 0. The first-order valence-corrected chi connectivity index (χ1v) is 20.7. The molecule has 0 bridgehead atoms. The zero-order valence-corrected chi connectivity index (χ0v) is 35.9. The fraction of sp³-hybridized carbons (Fsp3) is 0.0392. The predicted molar refractivity (Wildman–Crippen MR) is 226 cm³/mol. The van der Waals surface area contributed by atoms with E-state index in [2.05, 4.69) is 114 Å². The van der Waals surface area contributed by atoms with Crippen molar-refractivity contribution in [2.75, 3.05) is 0 Å². The minimum absolute atomic E-state index is 0.884. The molecular weight excluding hydrogens is 1020 g/mol. The molecule has 9 rings (SSSR count). The van der Waals surface area contributed by atoms with Crippen LogP contribution in [0.4, 0.5) is 87.8 Å². The van der Waals surface area contributed by atoms with Gasteiger partial charge in [0.05, 0.1) is 6.42 Å². The molecule has 0 unspecified atom stereocenters. The predicted octanol–water partition coefficient (Wildman–Crippen LogP) is 11.8. The van der Waals surface area contributed by atoms with Crippen molar-refractivity contribution >= 4 is 49.5 Å². The Balaban J connectivity index is 0.000000216. The summed E-state index contributed by atoms with van der Waals surface area (Å²) in [6.07, 6.45) is -4.07. The average Bonchev–Trinajstić information content (AvgIpc) is 3.39. The van der Waals surface area contributed by atoms with E-state index in [9.17, 15) is 52.7 Å². The third kappa shape index (κ3) is 8.34. The summed E-state index contributed by atoms with van der Waals surface area (Å²) in [5.74, 6) is -71.4. The number of fused-ring (bicyclic) bond motifs is 2. The van der Waals surface area contributed by atoms with Gasteiger partial charge in [0.2, 0.25) is 0 Å². The molecule has 9 aromatic rings. The molecule has 374 valence electrons. The maximum Gasteiger partial charge on any atom is 0.200 e. The van der Waals surface area contributed by atoms with Crippen LogP contribution in [0.5, 0.6) is 0 Å². The summed E-state index contributed by atoms with van der Waals surface area (Å²) in [6.45, 7) is 0.884. The Labute approximate surface area is 396 Å². The molecule has 22 heteroatoms. The number of aromatic nitrogens is 1. The van der Waals surface area contributed by atoms with Crippen LogP contribution in [-0.4, -0.2) is 6.15 Å². The highest BCUT2D eigenvalue weighted by Crippen LogP contribution is 2.31. The second kappa shape index (κ2) is 19.6. The number of hydrogen-bond donors (Lipinski definition) is 0. The Morgan fingerprint density at radius 2 is 0.616 bits per heavy atom. The summed E-state index contributed by atoms with van der Waals surface area (Å²) in [6, 6.07) is 37.0. The molecule has 0 aliphatic rings. The van der Waals surface area contributed by atoms with Crippen LogP contribution in [0, 0.1) is 116 Å². The summed E-state index contributed by atoms with van der Waals surface area (Å²) < 4.78 is 296. The molecule has 0 radical (unpaired) electrons. The van der Waals surface area contributed by atoms with E-state index >= 15 is 35.1 Å². The van der Waals surface area contributed by atoms with Gasteiger partial charge in [-0.1, -0.05) is 91.0 Å². The molecule has 0 fully saturated rings. The lowest BCUT2D eigenvalue weighted by Crippen LogP contribution is -2.81. The van der Waals surface area contributed by atoms with Gasteiger partial charge >= 0.3 is 0 Å². The van der Waals surface area contributed by atoms with Gasteiger partial charge in [-0.2, -0.15) is 4.57 Å². The van der Waals surface area contributed by atoms with Crippen molar-refractivity contribution in [1.82, 2.24) is 0 Å². The highest BCUT2D eigenvalue weighted by atomic mass is 19.2. The molecule has 0 saturated heterocycles. The molecule has 73 heavy (non-hydrogen) atoms. The van der Waals surface area contributed by atoms with Crippen molar-refractivity contribution in [2.24, 2.45) is 0 Å². The Hall–Kier alpha value is -7.91. The smallest absolute Gasteiger partial charge is 0.200 e. The monoisotopic (exact) mass is 1040 g/mol. The molecule has 0 spiro atoms. The second-order valence-electron chi connectivity index (χ2n) is 16.1. The van der Waals surface area contributed by atoms with E-state index in [0.29, 0.717) is 0 Å². The third-order valence-corrected chi connectivity index (χ3v) is 12.1. The van der Waals surface area contributed by atoms with E-state index in [1.54, 1.807) is 0 Å². The molecule has 1 aromatic heterocycles. The molecule has 1 heterocycles. The van der Waals surface area contributed by atoms with Crippen molar-refractivity contribution < 1.29 is 92.4 Å². The van der Waals surface area contributed by atoms with Crippen LogP contribution in [0.1, 0.15) is 16.8 Å². The van der Waals surface area contributed by atoms with Gasteiger partial charge in [0.1, 0.15) is 52.7 Å². The minimum atomic E-state index is -7.22. The molecule has 0 saturated carbocycles. The van der Waals surface area contributed by atoms with Crippen LogP contribution in [-0.2, 0) is 13.0 Å². The Morgan fingerprint density at radius 3 is 1.01 bits per heavy atom. The first-order valence-electron chi connectivity index (χ1n) is 20.7. The fourth-order valence-corrected chi connectivity index (χ4v) is 8.86. The van der Waals surface area contributed by atoms with Crippen LogP contribution >= 0.6 is 0 Å². The lowest BCUT2D eigenvalue weighted by atomic mass is 9.12. The molecule has 0 aliphatic carbocycles. The van der Waals surface area contributed by atoms with Gasteiger partial charge in [0.25, 0.3) is 0 Å². The van der Waals surface area contributed by atoms with E-state index in [0.717, 1.165) is 13.0 Å². The Morgan fingerprint density at radius 1 is 0.288 bits per heavy atom. The number of rotatable bonds is 8. The van der Waals surface area contributed by atoms with Gasteiger partial charge < -0.3 is 0 Å². The maximum atomic E-state index is 15.4. The molecule has 0 aliphatic heterocycles. The SMILES string of the molecule is Fc1c(F)c(F)c([B-](c2c(F)c(F)c(F)c(F)c2F)(c2c(F)c(F)c(F)c(F)c2F)c2c(F)c(F)c(F)c(F)c2F)c(F)c1F.c1ccc(C[n+]2ccc3ccccc3c2Cc2ccc3ccccc3c2)cc1. The lowest BCUT2D eigenvalue weighted by Gasteiger charge is -2.44. The topological polar surface area (TPSA) is 3.88 Å². The van der Waals surface area contributed by atoms with Crippen molar-refractivity contribution in [1.29, 1.82) is 0 Å². The number of nitrogens with zero attached hydrogens (tertiary/aromatic N) is 1. The quantitative estimate of drug-likeness (QED) is 0.0469. The zero-order valence-electron chi connectivity index (χ0n) is 35.9. The van der Waals surface area contributed by atoms with Crippen LogP contribution < -0.4 is 26.4 Å². The average molecular weight is 1040 g/mol. The van der Waals surface area contributed by atoms with Crippen molar-refractivity contribution in [3.8, 4) is 0 Å². The summed E-state index contributed by atoms with van der Waals surface area (Å²) >= 11 is 0. The van der Waals surface area contributed by atoms with Gasteiger partial charge in [0, 0.05) is 17.0 Å². The van der Waals surface area contributed by atoms with Crippen LogP contribution in [0.2, 0.25) is 0 Å². The molecule has 0 amide bonds. The van der Waals surface area contributed by atoms with Gasteiger partial charge in [-0.25, -0.2) is 87.8 Å². The van der Waals surface area contributed by atoms with Gasteiger partial charge in [-0.3, -0.25) is 0 Å².